The Morgan fingerprint density at radius 3 is 1.42 bits per heavy atom. The Morgan fingerprint density at radius 1 is 0.602 bits per heavy atom. The van der Waals surface area contributed by atoms with Crippen molar-refractivity contribution in [2.45, 2.75) is 51.7 Å². The molecule has 29 heteroatoms. The molecule has 0 bridgehead atoms. The second-order valence-corrected chi connectivity index (χ2v) is 26.9. The summed E-state index contributed by atoms with van der Waals surface area (Å²) in [5, 5.41) is 54.5. The Hall–Kier alpha value is -10.4. The van der Waals surface area contributed by atoms with E-state index in [-0.39, 0.29) is 43.0 Å². The van der Waals surface area contributed by atoms with Gasteiger partial charge in [0.2, 0.25) is 17.4 Å². The Labute approximate surface area is 634 Å². The Kier molecular flexibility index (Phi) is 31.5. The number of halogens is 5. The van der Waals surface area contributed by atoms with Crippen molar-refractivity contribution >= 4 is 140 Å². The first-order chi connectivity index (χ1) is 49.4. The number of aldehydes is 1. The number of amides is 7. The number of terminal acetylenes is 1. The van der Waals surface area contributed by atoms with Gasteiger partial charge in [-0.3, -0.25) is 39.4 Å². The van der Waals surface area contributed by atoms with Gasteiger partial charge < -0.3 is 55.2 Å². The van der Waals surface area contributed by atoms with E-state index < -0.39 is 34.7 Å². The summed E-state index contributed by atoms with van der Waals surface area (Å²) in [4.78, 5) is 90.6. The molecule has 0 unspecified atom stereocenters. The summed E-state index contributed by atoms with van der Waals surface area (Å²) in [7, 11) is 6.81. The third kappa shape index (κ3) is 22.8. The number of carbonyl (C=O) groups excluding carboxylic acids is 7. The van der Waals surface area contributed by atoms with Crippen molar-refractivity contribution in [2.75, 3.05) is 54.5 Å². The second kappa shape index (κ2) is 39.7. The molecule has 2 atom stereocenters. The minimum Gasteiger partial charge on any atom is -0.497 e. The van der Waals surface area contributed by atoms with Crippen molar-refractivity contribution in [3.8, 4) is 35.7 Å². The first-order valence-electron chi connectivity index (χ1n) is 31.3. The Bertz CT molecular complexity index is 4400. The van der Waals surface area contributed by atoms with Gasteiger partial charge in [-0.05, 0) is 127 Å². The molecule has 4 aliphatic rings. The number of carbonyl (C=O) groups is 7. The zero-order valence-electron chi connectivity index (χ0n) is 56.5. The third-order valence-electron chi connectivity index (χ3n) is 15.6. The number of ether oxygens (including phenoxy) is 2. The van der Waals surface area contributed by atoms with Crippen molar-refractivity contribution in [1.29, 1.82) is 0 Å². The van der Waals surface area contributed by atoms with Gasteiger partial charge in [0, 0.05) is 104 Å². The van der Waals surface area contributed by atoms with Gasteiger partial charge in [-0.2, -0.15) is 0 Å². The number of amidine groups is 2. The summed E-state index contributed by atoms with van der Waals surface area (Å²) < 4.78 is 14.3. The lowest BCUT2D eigenvalue weighted by atomic mass is 9.86. The molecule has 0 aliphatic carbocycles. The number of hydrogen-bond donors (Lipinski definition) is 7. The largest absolute Gasteiger partial charge is 0.497 e. The lowest BCUT2D eigenvalue weighted by molar-refractivity contribution is -0.127. The van der Waals surface area contributed by atoms with Gasteiger partial charge in [-0.15, -0.1) is 6.42 Å². The number of hydrogen-bond acceptors (Lipinski definition) is 17. The highest BCUT2D eigenvalue weighted by Gasteiger charge is 2.50. The molecule has 4 aliphatic heterocycles. The summed E-state index contributed by atoms with van der Waals surface area (Å²) >= 11 is 18.7. The van der Waals surface area contributed by atoms with Crippen LogP contribution in [0.3, 0.4) is 0 Å². The average Bonchev–Trinajstić information content (AvgIpc) is 1.63. The molecule has 536 valence electrons. The fraction of sp³-hybridized carbons (Fsp3) is 0.230. The highest BCUT2D eigenvalue weighted by molar-refractivity contribution is 9.11. The SMILES string of the molecule is C#C[C@]1(CN2Cc3ccc(OC)cc3C2=O)CC(=O)NC1=O.CCCN(C)/C(=N/O)c1ccc(Br)cc1.CCCN(C)/C(=N/O)c1ccc(C#C[C@]2(CN3Cc4ccc(OC)cc4C3=O)NC(=O)NC2=O)cc1.O/N=C(/Cl)c1ccc(Br)cc1.O/N=C\c1ccc(Br)cc1.O=Cc1ccc(Br)cc1. The van der Waals surface area contributed by atoms with Gasteiger partial charge in [0.1, 0.15) is 23.2 Å². The number of urea groups is 1. The molecule has 2 fully saturated rings. The van der Waals surface area contributed by atoms with E-state index in [1.807, 2.05) is 110 Å². The van der Waals surface area contributed by atoms with E-state index in [2.05, 4.69) is 125 Å². The molecule has 11 rings (SSSR count). The van der Waals surface area contributed by atoms with Crippen molar-refractivity contribution in [2.24, 2.45) is 26.0 Å². The van der Waals surface area contributed by atoms with Crippen molar-refractivity contribution in [3.63, 3.8) is 0 Å². The van der Waals surface area contributed by atoms with Crippen LogP contribution < -0.4 is 25.4 Å². The van der Waals surface area contributed by atoms with Gasteiger partial charge in [-0.1, -0.05) is 188 Å². The maximum absolute atomic E-state index is 13.0. The van der Waals surface area contributed by atoms with Gasteiger partial charge >= 0.3 is 6.03 Å². The molecule has 24 nitrogen and oxygen atoms in total. The van der Waals surface area contributed by atoms with Crippen molar-refractivity contribution < 1.29 is 63.9 Å². The van der Waals surface area contributed by atoms with Crippen LogP contribution in [0.2, 0.25) is 0 Å². The molecule has 4 heterocycles. The van der Waals surface area contributed by atoms with E-state index in [0.29, 0.717) is 63.1 Å². The van der Waals surface area contributed by atoms with Crippen molar-refractivity contribution in [1.82, 2.24) is 35.6 Å². The lowest BCUT2D eigenvalue weighted by Gasteiger charge is -2.26. The lowest BCUT2D eigenvalue weighted by Crippen LogP contribution is -2.54. The van der Waals surface area contributed by atoms with E-state index in [0.717, 1.165) is 72.4 Å². The van der Waals surface area contributed by atoms with Gasteiger partial charge in [0.05, 0.1) is 33.4 Å². The average molecular weight is 1680 g/mol. The van der Waals surface area contributed by atoms with Gasteiger partial charge in [0.15, 0.2) is 16.8 Å². The number of benzene rings is 7. The summed E-state index contributed by atoms with van der Waals surface area (Å²) in [5.41, 5.74) is 4.29. The monoisotopic (exact) mass is 1670 g/mol. The van der Waals surface area contributed by atoms with Crippen LogP contribution in [0.1, 0.15) is 103 Å². The number of nitrogens with zero attached hydrogens (tertiary/aromatic N) is 8. The molecule has 0 spiro atoms. The Morgan fingerprint density at radius 2 is 1.04 bits per heavy atom. The second-order valence-electron chi connectivity index (χ2n) is 22.9. The topological polar surface area (TPSA) is 317 Å². The van der Waals surface area contributed by atoms with Crippen LogP contribution in [-0.4, -0.2) is 165 Å². The summed E-state index contributed by atoms with van der Waals surface area (Å²) in [6.45, 7) is 6.28. The molecule has 7 aromatic rings. The van der Waals surface area contributed by atoms with E-state index in [4.69, 9.17) is 43.1 Å². The predicted octanol–water partition coefficient (Wildman–Crippen LogP) is 12.3. The fourth-order valence-corrected chi connectivity index (χ4v) is 11.5. The number of nitrogens with one attached hydrogen (secondary N) is 3. The minimum absolute atomic E-state index is 0.0247. The number of oxime groups is 4. The highest BCUT2D eigenvalue weighted by Crippen LogP contribution is 2.34. The summed E-state index contributed by atoms with van der Waals surface area (Å²) in [6, 6.07) is 46.4. The quantitative estimate of drug-likeness (QED) is 0.00733. The molecule has 103 heavy (non-hydrogen) atoms. The first-order valence-corrected chi connectivity index (χ1v) is 34.8. The Balaban J connectivity index is 0.000000212. The molecule has 0 saturated carbocycles. The fourth-order valence-electron chi connectivity index (χ4n) is 10.3. The van der Waals surface area contributed by atoms with Crippen LogP contribution in [0.25, 0.3) is 0 Å². The number of imide groups is 2. The number of fused-ring (bicyclic) bond motifs is 2. The third-order valence-corrected chi connectivity index (χ3v) is 18.0. The summed E-state index contributed by atoms with van der Waals surface area (Å²) in [6.07, 6.45) is 9.51. The van der Waals surface area contributed by atoms with E-state index in [9.17, 15) is 38.8 Å². The van der Waals surface area contributed by atoms with Crippen LogP contribution in [0.15, 0.2) is 196 Å². The van der Waals surface area contributed by atoms with Crippen molar-refractivity contribution in [3.05, 3.63) is 231 Å². The normalized spacial score (nSPS) is 16.3. The highest BCUT2D eigenvalue weighted by atomic mass is 79.9. The van der Waals surface area contributed by atoms with Crippen LogP contribution in [0.5, 0.6) is 11.5 Å². The molecular weight excluding hydrogens is 1610 g/mol. The predicted molar refractivity (Wildman–Crippen MR) is 405 cm³/mol. The molecule has 7 N–H and O–H groups in total. The molecule has 7 amide bonds. The molecular formula is C74H72Br4ClN11O13. The smallest absolute Gasteiger partial charge is 0.323 e. The molecule has 0 radical (unpaired) electrons. The number of methoxy groups -OCH3 is 2. The van der Waals surface area contributed by atoms with E-state index in [1.165, 1.54) is 30.2 Å². The van der Waals surface area contributed by atoms with Gasteiger partial charge in [0.25, 0.3) is 17.7 Å². The van der Waals surface area contributed by atoms with Crippen LogP contribution >= 0.6 is 75.3 Å². The maximum Gasteiger partial charge on any atom is 0.323 e. The van der Waals surface area contributed by atoms with Gasteiger partial charge in [-0.25, -0.2) is 4.79 Å². The number of rotatable bonds is 15. The minimum atomic E-state index is -1.60. The molecule has 2 saturated heterocycles. The van der Waals surface area contributed by atoms with Crippen LogP contribution in [0.4, 0.5) is 4.79 Å². The van der Waals surface area contributed by atoms with E-state index >= 15 is 0 Å². The maximum atomic E-state index is 13.0. The van der Waals surface area contributed by atoms with Crippen LogP contribution in [-0.2, 0) is 27.5 Å². The van der Waals surface area contributed by atoms with Crippen LogP contribution in [0, 0.1) is 29.6 Å². The van der Waals surface area contributed by atoms with E-state index in [1.54, 1.807) is 78.9 Å². The standard InChI is InChI=1S/C26H27N5O5.C16H14N2O4.C11H15BrN2O.C7H5BrClNO.C7H6BrNO.C7H5BrO/c1-4-13-30(2)22(29-35)18-7-5-17(6-8-18)11-12-26(24(33)27-25(34)28-26)16-31-15-19-9-10-20(36-3)14-21(19)23(31)32;1-3-16(7-13(19)17-15(16)21)9-18-8-10-4-5-11(22-2)6-12(10)14(18)20;1-3-8-14(2)11(13-15)9-4-6-10(12)7-5-9;8-6-3-1-5(2-4-6)7(9)10-11;8-7-3-1-6(2-4-7)5-9-10;8-7-3-1-6(5-9)2-4-7/h5-10,14,35H,4,13,15-16H2,1-3H3,(H2,27,28,33,34);1,4-6H,7-9H2,2H3,(H,17,19,21);4-7,15H,3,8H2,1-2H3;1-4,11H;1-5,10H;1-5H/b29-22+;;13-11+;10-7+;9-5-;/t26-;16-;;;;/m11..../s1. The zero-order chi connectivity index (χ0) is 75.4. The molecule has 0 aromatic heterocycles. The summed E-state index contributed by atoms with van der Waals surface area (Å²) in [5.74, 6) is 8.40. The zero-order valence-corrected chi connectivity index (χ0v) is 63.6. The first kappa shape index (κ1) is 81.6. The molecule has 7 aromatic carbocycles.